The Morgan fingerprint density at radius 1 is 1.24 bits per heavy atom. The fourth-order valence-corrected chi connectivity index (χ4v) is 3.82. The molecule has 1 saturated heterocycles. The normalized spacial score (nSPS) is 18.4. The van der Waals surface area contributed by atoms with E-state index in [0.29, 0.717) is 29.3 Å². The van der Waals surface area contributed by atoms with Crippen molar-refractivity contribution in [3.8, 4) is 0 Å². The molecule has 1 fully saturated rings. The zero-order valence-corrected chi connectivity index (χ0v) is 18.3. The van der Waals surface area contributed by atoms with Crippen LogP contribution in [0.2, 0.25) is 0 Å². The molecule has 0 aromatic heterocycles. The summed E-state index contributed by atoms with van der Waals surface area (Å²) in [5.74, 6) is -1.13. The fraction of sp³-hybridized carbons (Fsp3) is 0.304. The lowest BCUT2D eigenvalue weighted by Gasteiger charge is -2.34. The number of hydrogen-bond acceptors (Lipinski definition) is 6. The van der Waals surface area contributed by atoms with Gasteiger partial charge in [-0.15, -0.1) is 0 Å². The summed E-state index contributed by atoms with van der Waals surface area (Å²) in [6, 6.07) is 11.6. The van der Waals surface area contributed by atoms with Gasteiger partial charge in [-0.3, -0.25) is 19.8 Å². The Kier molecular flexibility index (Phi) is 6.12. The number of carbonyl (C=O) groups excluding carboxylic acids is 3. The highest BCUT2D eigenvalue weighted by Crippen LogP contribution is 2.23. The molecular weight excluding hydrogens is 426 g/mol. The first-order valence-electron chi connectivity index (χ1n) is 10.5. The number of aliphatic hydroxyl groups excluding tert-OH is 1. The van der Waals surface area contributed by atoms with Crippen LogP contribution in [-0.4, -0.2) is 73.0 Å². The average molecular weight is 451 g/mol. The second-order valence-corrected chi connectivity index (χ2v) is 8.06. The number of nitrogens with zero attached hydrogens (tertiary/aromatic N) is 2. The molecule has 2 atom stereocenters. The minimum Gasteiger partial charge on any atom is -0.380 e. The summed E-state index contributed by atoms with van der Waals surface area (Å²) in [4.78, 5) is 40.6. The minimum atomic E-state index is -1.71. The zero-order valence-electron chi connectivity index (χ0n) is 18.3. The molecule has 2 aliphatic rings. The highest BCUT2D eigenvalue weighted by molar-refractivity contribution is 6.05. The van der Waals surface area contributed by atoms with Crippen molar-refractivity contribution >= 4 is 34.9 Å². The summed E-state index contributed by atoms with van der Waals surface area (Å²) in [5, 5.41) is 23.9. The first-order chi connectivity index (χ1) is 15.8. The molecular formula is C23H25N5O5. The van der Waals surface area contributed by atoms with E-state index in [-0.39, 0.29) is 19.1 Å². The molecule has 10 nitrogen and oxygen atoms in total. The monoisotopic (exact) mass is 451 g/mol. The van der Waals surface area contributed by atoms with Gasteiger partial charge in [-0.25, -0.2) is 0 Å². The number of benzene rings is 2. The third-order valence-electron chi connectivity index (χ3n) is 5.61. The number of morpholine rings is 1. The van der Waals surface area contributed by atoms with Crippen molar-refractivity contribution in [3.63, 3.8) is 0 Å². The van der Waals surface area contributed by atoms with E-state index >= 15 is 0 Å². The highest BCUT2D eigenvalue weighted by atomic mass is 16.5. The Bertz CT molecular complexity index is 1110. The number of fused-ring (bicyclic) bond motifs is 1. The molecule has 4 rings (SSSR count). The first kappa shape index (κ1) is 22.4. The third kappa shape index (κ3) is 4.43. The number of amidine groups is 1. The molecule has 2 heterocycles. The molecule has 0 spiro atoms. The number of ether oxygens (including phenoxy) is 1. The van der Waals surface area contributed by atoms with Gasteiger partial charge in [0.15, 0.2) is 12.2 Å². The van der Waals surface area contributed by atoms with Gasteiger partial charge in [-0.2, -0.15) is 0 Å². The van der Waals surface area contributed by atoms with Gasteiger partial charge in [-0.1, -0.05) is 0 Å². The van der Waals surface area contributed by atoms with Crippen LogP contribution in [0, 0.1) is 5.41 Å². The van der Waals surface area contributed by atoms with Gasteiger partial charge < -0.3 is 30.3 Å². The predicted molar refractivity (Wildman–Crippen MR) is 121 cm³/mol. The molecule has 33 heavy (non-hydrogen) atoms. The topological polar surface area (TPSA) is 135 Å². The number of hydrogen-bond donors (Lipinski definition) is 4. The van der Waals surface area contributed by atoms with Crippen LogP contribution in [0.5, 0.6) is 0 Å². The van der Waals surface area contributed by atoms with E-state index in [1.165, 1.54) is 9.80 Å². The Morgan fingerprint density at radius 3 is 2.67 bits per heavy atom. The van der Waals surface area contributed by atoms with E-state index in [1.807, 2.05) is 0 Å². The molecule has 0 saturated carbocycles. The Hall–Kier alpha value is -3.76. The second-order valence-electron chi connectivity index (χ2n) is 8.06. The van der Waals surface area contributed by atoms with Gasteiger partial charge in [-0.05, 0) is 48.0 Å². The molecule has 0 radical (unpaired) electrons. The highest BCUT2D eigenvalue weighted by Gasteiger charge is 2.39. The van der Waals surface area contributed by atoms with Crippen LogP contribution in [0.1, 0.15) is 21.5 Å². The standard InChI is InChI=1S/C23H25N5O5/c1-27(2)22(31)13-3-6-16(7-4-13)28-9-10-33-19(23(28)32)18(29)21(30)26-15-5-8-17-14(11-15)12-25-20(17)24/h3-8,11,18-19,29H,9-10,12H2,1-2H3,(H2,24,25)(H,26,30)/t18?,19-/m1/s1. The Morgan fingerprint density at radius 2 is 1.97 bits per heavy atom. The summed E-state index contributed by atoms with van der Waals surface area (Å²) < 4.78 is 5.44. The number of nitrogens with one attached hydrogen (secondary N) is 3. The van der Waals surface area contributed by atoms with Crippen molar-refractivity contribution in [2.75, 3.05) is 37.5 Å². The molecule has 2 aromatic carbocycles. The SMILES string of the molecule is CN(C)C(=O)c1ccc(N2CCO[C@H](C(O)C(=O)Nc3ccc4c(c3)CNC4=N)C2=O)cc1. The second kappa shape index (κ2) is 9.00. The van der Waals surface area contributed by atoms with Crippen molar-refractivity contribution < 1.29 is 24.2 Å². The van der Waals surface area contributed by atoms with Crippen LogP contribution >= 0.6 is 0 Å². The maximum atomic E-state index is 13.0. The lowest BCUT2D eigenvalue weighted by atomic mass is 10.1. The molecule has 172 valence electrons. The number of rotatable bonds is 5. The van der Waals surface area contributed by atoms with Crippen LogP contribution < -0.4 is 15.5 Å². The quantitative estimate of drug-likeness (QED) is 0.524. The maximum Gasteiger partial charge on any atom is 0.259 e. The number of carbonyl (C=O) groups is 3. The van der Waals surface area contributed by atoms with E-state index in [2.05, 4.69) is 10.6 Å². The van der Waals surface area contributed by atoms with Crippen molar-refractivity contribution in [2.24, 2.45) is 0 Å². The smallest absolute Gasteiger partial charge is 0.259 e. The van der Waals surface area contributed by atoms with E-state index < -0.39 is 24.0 Å². The van der Waals surface area contributed by atoms with Gasteiger partial charge in [0, 0.05) is 49.7 Å². The molecule has 2 aromatic rings. The van der Waals surface area contributed by atoms with Crippen molar-refractivity contribution in [3.05, 3.63) is 59.2 Å². The van der Waals surface area contributed by atoms with Gasteiger partial charge in [0.2, 0.25) is 0 Å². The number of anilines is 2. The summed E-state index contributed by atoms with van der Waals surface area (Å²) >= 11 is 0. The fourth-order valence-electron chi connectivity index (χ4n) is 3.82. The summed E-state index contributed by atoms with van der Waals surface area (Å²) in [7, 11) is 3.31. The summed E-state index contributed by atoms with van der Waals surface area (Å²) in [6.07, 6.45) is -3.06. The molecule has 1 unspecified atom stereocenters. The number of aliphatic hydroxyl groups is 1. The zero-order chi connectivity index (χ0) is 23.7. The molecule has 0 aliphatic carbocycles. The van der Waals surface area contributed by atoms with Crippen LogP contribution in [-0.2, 0) is 20.9 Å². The molecule has 0 bridgehead atoms. The van der Waals surface area contributed by atoms with E-state index in [1.54, 1.807) is 56.6 Å². The molecule has 4 N–H and O–H groups in total. The first-order valence-corrected chi connectivity index (χ1v) is 10.5. The van der Waals surface area contributed by atoms with Gasteiger partial charge in [0.05, 0.1) is 6.61 Å². The van der Waals surface area contributed by atoms with Crippen molar-refractivity contribution in [1.29, 1.82) is 5.41 Å². The van der Waals surface area contributed by atoms with E-state index in [0.717, 1.165) is 11.1 Å². The largest absolute Gasteiger partial charge is 0.380 e. The van der Waals surface area contributed by atoms with E-state index in [9.17, 15) is 19.5 Å². The molecule has 10 heteroatoms. The molecule has 3 amide bonds. The summed E-state index contributed by atoms with van der Waals surface area (Å²) in [6.45, 7) is 0.888. The van der Waals surface area contributed by atoms with Gasteiger partial charge in [0.1, 0.15) is 5.84 Å². The number of amides is 3. The van der Waals surface area contributed by atoms with Gasteiger partial charge >= 0.3 is 0 Å². The van der Waals surface area contributed by atoms with Crippen LogP contribution in [0.4, 0.5) is 11.4 Å². The van der Waals surface area contributed by atoms with Crippen LogP contribution in [0.3, 0.4) is 0 Å². The average Bonchev–Trinajstić information content (AvgIpc) is 3.18. The van der Waals surface area contributed by atoms with Gasteiger partial charge in [0.25, 0.3) is 17.7 Å². The van der Waals surface area contributed by atoms with E-state index in [4.69, 9.17) is 10.1 Å². The lowest BCUT2D eigenvalue weighted by Crippen LogP contribution is -2.55. The third-order valence-corrected chi connectivity index (χ3v) is 5.61. The maximum absolute atomic E-state index is 13.0. The predicted octanol–water partition coefficient (Wildman–Crippen LogP) is 0.548. The van der Waals surface area contributed by atoms with Crippen molar-refractivity contribution in [1.82, 2.24) is 10.2 Å². The minimum absolute atomic E-state index is 0.145. The van der Waals surface area contributed by atoms with Crippen LogP contribution in [0.25, 0.3) is 0 Å². The molecule has 2 aliphatic heterocycles. The summed E-state index contributed by atoms with van der Waals surface area (Å²) in [5.41, 5.74) is 3.10. The lowest BCUT2D eigenvalue weighted by molar-refractivity contribution is -0.150. The Labute approximate surface area is 190 Å². The van der Waals surface area contributed by atoms with Crippen molar-refractivity contribution in [2.45, 2.75) is 18.8 Å². The van der Waals surface area contributed by atoms with Crippen LogP contribution in [0.15, 0.2) is 42.5 Å². The Balaban J connectivity index is 1.44.